The van der Waals surface area contributed by atoms with E-state index in [1.807, 2.05) is 25.1 Å². The number of morpholine rings is 1. The first-order valence-electron chi connectivity index (χ1n) is 9.21. The smallest absolute Gasteiger partial charge is 0.178 e. The van der Waals surface area contributed by atoms with Crippen LogP contribution in [0.25, 0.3) is 0 Å². The lowest BCUT2D eigenvalue weighted by atomic mass is 10.1. The van der Waals surface area contributed by atoms with Gasteiger partial charge in [-0.1, -0.05) is 12.1 Å². The second kappa shape index (κ2) is 8.52. The number of hydrogen-bond donors (Lipinski definition) is 0. The summed E-state index contributed by atoms with van der Waals surface area (Å²) in [6.07, 6.45) is 0.928. The lowest BCUT2D eigenvalue weighted by Gasteiger charge is -2.25. The van der Waals surface area contributed by atoms with E-state index in [1.54, 1.807) is 7.11 Å². The van der Waals surface area contributed by atoms with Gasteiger partial charge in [-0.25, -0.2) is 0 Å². The molecule has 0 aliphatic carbocycles. The van der Waals surface area contributed by atoms with Gasteiger partial charge in [0.15, 0.2) is 5.78 Å². The van der Waals surface area contributed by atoms with E-state index < -0.39 is 0 Å². The molecular formula is C21H28N2O3. The SMILES string of the molecule is COc1ccc(CCn2c(C)cc(C(=O)CN3CCOCC3)c2C)cc1. The Bertz CT molecular complexity index is 743. The number of methoxy groups -OCH3 is 1. The number of carbonyl (C=O) groups excluding carboxylic acids is 1. The molecule has 0 radical (unpaired) electrons. The molecular weight excluding hydrogens is 328 g/mol. The Morgan fingerprint density at radius 3 is 2.50 bits per heavy atom. The minimum absolute atomic E-state index is 0.204. The van der Waals surface area contributed by atoms with Gasteiger partial charge in [0.25, 0.3) is 0 Å². The molecule has 1 fully saturated rings. The fourth-order valence-electron chi connectivity index (χ4n) is 3.51. The van der Waals surface area contributed by atoms with Gasteiger partial charge >= 0.3 is 0 Å². The molecule has 140 valence electrons. The van der Waals surface area contributed by atoms with Crippen LogP contribution in [0.15, 0.2) is 30.3 Å². The van der Waals surface area contributed by atoms with Gasteiger partial charge in [0.1, 0.15) is 5.75 Å². The summed E-state index contributed by atoms with van der Waals surface area (Å²) in [6.45, 7) is 8.58. The number of hydrogen-bond acceptors (Lipinski definition) is 4. The molecule has 1 aliphatic rings. The molecule has 0 spiro atoms. The van der Waals surface area contributed by atoms with E-state index in [4.69, 9.17) is 9.47 Å². The average molecular weight is 356 g/mol. The van der Waals surface area contributed by atoms with Gasteiger partial charge in [0.05, 0.1) is 26.9 Å². The fourth-order valence-corrected chi connectivity index (χ4v) is 3.51. The Balaban J connectivity index is 1.65. The van der Waals surface area contributed by atoms with E-state index in [0.29, 0.717) is 19.8 Å². The van der Waals surface area contributed by atoms with Crippen molar-refractivity contribution in [1.29, 1.82) is 0 Å². The molecule has 2 aromatic rings. The van der Waals surface area contributed by atoms with Gasteiger partial charge in [-0.3, -0.25) is 9.69 Å². The van der Waals surface area contributed by atoms with Crippen molar-refractivity contribution in [3.63, 3.8) is 0 Å². The van der Waals surface area contributed by atoms with Crippen molar-refractivity contribution in [3.8, 4) is 5.75 Å². The zero-order valence-corrected chi connectivity index (χ0v) is 16.0. The van der Waals surface area contributed by atoms with Gasteiger partial charge in [-0.2, -0.15) is 0 Å². The van der Waals surface area contributed by atoms with Crippen molar-refractivity contribution in [1.82, 2.24) is 9.47 Å². The highest BCUT2D eigenvalue weighted by Gasteiger charge is 2.19. The van der Waals surface area contributed by atoms with Crippen LogP contribution in [0.5, 0.6) is 5.75 Å². The van der Waals surface area contributed by atoms with E-state index in [9.17, 15) is 4.79 Å². The monoisotopic (exact) mass is 356 g/mol. The van der Waals surface area contributed by atoms with Gasteiger partial charge in [-0.15, -0.1) is 0 Å². The zero-order chi connectivity index (χ0) is 18.5. The predicted octanol–water partition coefficient (Wildman–Crippen LogP) is 2.87. The minimum Gasteiger partial charge on any atom is -0.497 e. The second-order valence-corrected chi connectivity index (χ2v) is 6.85. The summed E-state index contributed by atoms with van der Waals surface area (Å²) in [5.74, 6) is 1.08. The average Bonchev–Trinajstić information content (AvgIpc) is 2.95. The van der Waals surface area contributed by atoms with Crippen LogP contribution in [0.2, 0.25) is 0 Å². The topological polar surface area (TPSA) is 43.7 Å². The third-order valence-electron chi connectivity index (χ3n) is 5.13. The van der Waals surface area contributed by atoms with E-state index in [-0.39, 0.29) is 5.78 Å². The highest BCUT2D eigenvalue weighted by atomic mass is 16.5. The number of benzene rings is 1. The van der Waals surface area contributed by atoms with Crippen LogP contribution in [0.1, 0.15) is 27.3 Å². The number of Topliss-reactive ketones (excluding diaryl/α,β-unsaturated/α-hetero) is 1. The normalized spacial score (nSPS) is 15.2. The molecule has 0 amide bonds. The lowest BCUT2D eigenvalue weighted by molar-refractivity contribution is 0.0371. The molecule has 0 unspecified atom stereocenters. The molecule has 1 aromatic heterocycles. The molecule has 1 aromatic carbocycles. The van der Waals surface area contributed by atoms with E-state index in [2.05, 4.69) is 28.5 Å². The molecule has 0 saturated carbocycles. The largest absolute Gasteiger partial charge is 0.497 e. The van der Waals surface area contributed by atoms with E-state index in [0.717, 1.165) is 48.8 Å². The maximum absolute atomic E-state index is 12.7. The third-order valence-corrected chi connectivity index (χ3v) is 5.13. The second-order valence-electron chi connectivity index (χ2n) is 6.85. The van der Waals surface area contributed by atoms with Crippen LogP contribution < -0.4 is 4.74 Å². The summed E-state index contributed by atoms with van der Waals surface area (Å²) in [4.78, 5) is 14.9. The Morgan fingerprint density at radius 1 is 1.15 bits per heavy atom. The quantitative estimate of drug-likeness (QED) is 0.716. The fraction of sp³-hybridized carbons (Fsp3) is 0.476. The first-order valence-corrected chi connectivity index (χ1v) is 9.21. The van der Waals surface area contributed by atoms with Crippen molar-refractivity contribution in [3.05, 3.63) is 52.8 Å². The Morgan fingerprint density at radius 2 is 1.85 bits per heavy atom. The van der Waals surface area contributed by atoms with Crippen molar-refractivity contribution in [2.75, 3.05) is 40.0 Å². The highest BCUT2D eigenvalue weighted by Crippen LogP contribution is 2.18. The van der Waals surface area contributed by atoms with Crippen molar-refractivity contribution >= 4 is 5.78 Å². The maximum Gasteiger partial charge on any atom is 0.178 e. The minimum atomic E-state index is 0.204. The van der Waals surface area contributed by atoms with Crippen molar-refractivity contribution in [2.45, 2.75) is 26.8 Å². The van der Waals surface area contributed by atoms with Gasteiger partial charge < -0.3 is 14.0 Å². The van der Waals surface area contributed by atoms with Crippen molar-refractivity contribution < 1.29 is 14.3 Å². The number of aromatic nitrogens is 1. The van der Waals surface area contributed by atoms with Gasteiger partial charge in [0, 0.05) is 36.6 Å². The molecule has 3 rings (SSSR count). The van der Waals surface area contributed by atoms with Crippen molar-refractivity contribution in [2.24, 2.45) is 0 Å². The summed E-state index contributed by atoms with van der Waals surface area (Å²) < 4.78 is 12.8. The molecule has 1 saturated heterocycles. The third kappa shape index (κ3) is 4.34. The molecule has 2 heterocycles. The van der Waals surface area contributed by atoms with E-state index >= 15 is 0 Å². The lowest BCUT2D eigenvalue weighted by Crippen LogP contribution is -2.39. The number of carbonyl (C=O) groups is 1. The van der Waals surface area contributed by atoms with Crippen LogP contribution in [0, 0.1) is 13.8 Å². The summed E-state index contributed by atoms with van der Waals surface area (Å²) >= 11 is 0. The van der Waals surface area contributed by atoms with Crippen LogP contribution in [0.3, 0.4) is 0 Å². The Labute approximate surface area is 155 Å². The Kier molecular flexibility index (Phi) is 6.12. The van der Waals surface area contributed by atoms with Crippen LogP contribution in [-0.4, -0.2) is 55.2 Å². The van der Waals surface area contributed by atoms with Crippen LogP contribution >= 0.6 is 0 Å². The maximum atomic E-state index is 12.7. The van der Waals surface area contributed by atoms with Crippen LogP contribution in [-0.2, 0) is 17.7 Å². The zero-order valence-electron chi connectivity index (χ0n) is 16.0. The molecule has 0 N–H and O–H groups in total. The summed E-state index contributed by atoms with van der Waals surface area (Å²) in [6, 6.07) is 10.2. The predicted molar refractivity (Wildman–Crippen MR) is 102 cm³/mol. The standard InChI is InChI=1S/C21H28N2O3/c1-16-14-20(21(24)15-22-10-12-26-13-11-22)17(2)23(16)9-8-18-4-6-19(25-3)7-5-18/h4-7,14H,8-13,15H2,1-3H3. The highest BCUT2D eigenvalue weighted by molar-refractivity contribution is 5.99. The molecule has 26 heavy (non-hydrogen) atoms. The Hall–Kier alpha value is -2.11. The molecule has 5 heteroatoms. The van der Waals surface area contributed by atoms with Gasteiger partial charge in [0.2, 0.25) is 0 Å². The first kappa shape index (κ1) is 18.7. The molecule has 0 bridgehead atoms. The molecule has 5 nitrogen and oxygen atoms in total. The van der Waals surface area contributed by atoms with E-state index in [1.165, 1.54) is 5.56 Å². The number of aryl methyl sites for hydroxylation is 2. The van der Waals surface area contributed by atoms with Crippen LogP contribution in [0.4, 0.5) is 0 Å². The number of nitrogens with zero attached hydrogens (tertiary/aromatic N) is 2. The summed E-state index contributed by atoms with van der Waals surface area (Å²) in [5, 5.41) is 0. The summed E-state index contributed by atoms with van der Waals surface area (Å²) in [7, 11) is 1.68. The summed E-state index contributed by atoms with van der Waals surface area (Å²) in [5.41, 5.74) is 4.32. The van der Waals surface area contributed by atoms with Gasteiger partial charge in [-0.05, 0) is 44.0 Å². The number of ketones is 1. The molecule has 0 atom stereocenters. The first-order chi connectivity index (χ1) is 12.6. The number of rotatable bonds is 7. The molecule has 1 aliphatic heterocycles. The number of ether oxygens (including phenoxy) is 2.